The Labute approximate surface area is 131 Å². The average molecular weight is 317 g/mol. The first-order valence-corrected chi connectivity index (χ1v) is 7.38. The number of nitrogens with zero attached hydrogens (tertiary/aromatic N) is 1. The topological polar surface area (TPSA) is 85.3 Å². The summed E-state index contributed by atoms with van der Waals surface area (Å²) in [5.41, 5.74) is -0.617. The number of likely N-dealkylation sites (tertiary alicyclic amines) is 1. The second-order valence-corrected chi connectivity index (χ2v) is 6.62. The summed E-state index contributed by atoms with van der Waals surface area (Å²) in [6, 6.07) is -0.393. The standard InChI is InChI=1S/C15H27NO6/c1-9(13(17)18)12(21-6)11-7-10(20-5)8-16(11)14(19)22-15(2,3)4/h9-12H,7-8H2,1-6H3,(H,17,18)/t9-,10+,11-,12-/m1/s1. The Morgan fingerprint density at radius 2 is 1.86 bits per heavy atom. The SMILES string of the molecule is CO[C@H]1C[C@H]([C@H](OC)[C@@H](C)C(=O)O)N(C(=O)OC(C)(C)C)C1. The molecular formula is C15H27NO6. The molecule has 1 rings (SSSR count). The van der Waals surface area contributed by atoms with E-state index < -0.39 is 35.7 Å². The maximum Gasteiger partial charge on any atom is 0.410 e. The van der Waals surface area contributed by atoms with Crippen molar-refractivity contribution in [3.63, 3.8) is 0 Å². The van der Waals surface area contributed by atoms with Crippen molar-refractivity contribution in [2.45, 2.75) is 58.0 Å². The fraction of sp³-hybridized carbons (Fsp3) is 0.867. The summed E-state index contributed by atoms with van der Waals surface area (Å²) >= 11 is 0. The van der Waals surface area contributed by atoms with Gasteiger partial charge in [0.15, 0.2) is 0 Å². The van der Waals surface area contributed by atoms with E-state index in [0.717, 1.165) is 0 Å². The van der Waals surface area contributed by atoms with E-state index in [1.165, 1.54) is 12.0 Å². The highest BCUT2D eigenvalue weighted by molar-refractivity contribution is 5.72. The van der Waals surface area contributed by atoms with Crippen LogP contribution in [0.3, 0.4) is 0 Å². The summed E-state index contributed by atoms with van der Waals surface area (Å²) < 4.78 is 16.1. The number of aliphatic carboxylic acids is 1. The minimum absolute atomic E-state index is 0.156. The van der Waals surface area contributed by atoms with E-state index >= 15 is 0 Å². The largest absolute Gasteiger partial charge is 0.481 e. The molecule has 4 atom stereocenters. The molecule has 7 nitrogen and oxygen atoms in total. The molecule has 0 aromatic rings. The second-order valence-electron chi connectivity index (χ2n) is 6.62. The Morgan fingerprint density at radius 3 is 2.27 bits per heavy atom. The van der Waals surface area contributed by atoms with E-state index in [4.69, 9.17) is 14.2 Å². The van der Waals surface area contributed by atoms with E-state index in [0.29, 0.717) is 13.0 Å². The van der Waals surface area contributed by atoms with E-state index in [9.17, 15) is 14.7 Å². The summed E-state index contributed by atoms with van der Waals surface area (Å²) in [6.45, 7) is 7.30. The number of hydrogen-bond acceptors (Lipinski definition) is 5. The lowest BCUT2D eigenvalue weighted by atomic mass is 9.95. The number of carboxylic acids is 1. The van der Waals surface area contributed by atoms with Crippen molar-refractivity contribution in [3.8, 4) is 0 Å². The van der Waals surface area contributed by atoms with Gasteiger partial charge in [-0.1, -0.05) is 0 Å². The fourth-order valence-corrected chi connectivity index (χ4v) is 2.67. The van der Waals surface area contributed by atoms with Crippen molar-refractivity contribution >= 4 is 12.1 Å². The predicted molar refractivity (Wildman–Crippen MR) is 79.7 cm³/mol. The number of rotatable bonds is 5. The summed E-state index contributed by atoms with van der Waals surface area (Å²) in [5.74, 6) is -1.70. The summed E-state index contributed by atoms with van der Waals surface area (Å²) in [4.78, 5) is 25.2. The summed E-state index contributed by atoms with van der Waals surface area (Å²) in [7, 11) is 3.03. The number of hydrogen-bond donors (Lipinski definition) is 1. The minimum atomic E-state index is -0.961. The molecule has 0 aromatic carbocycles. The smallest absolute Gasteiger partial charge is 0.410 e. The molecule has 0 aromatic heterocycles. The lowest BCUT2D eigenvalue weighted by Gasteiger charge is -2.33. The van der Waals surface area contributed by atoms with Gasteiger partial charge >= 0.3 is 12.1 Å². The molecule has 1 aliphatic rings. The van der Waals surface area contributed by atoms with Crippen LogP contribution < -0.4 is 0 Å². The van der Waals surface area contributed by atoms with Crippen molar-refractivity contribution in [1.82, 2.24) is 4.90 Å². The number of amides is 1. The van der Waals surface area contributed by atoms with Gasteiger partial charge in [-0.2, -0.15) is 0 Å². The van der Waals surface area contributed by atoms with Crippen LogP contribution in [0.15, 0.2) is 0 Å². The summed E-state index contributed by atoms with van der Waals surface area (Å²) in [6.07, 6.45) is -0.732. The first kappa shape index (κ1) is 18.7. The van der Waals surface area contributed by atoms with Gasteiger partial charge in [-0.25, -0.2) is 4.79 Å². The zero-order valence-electron chi connectivity index (χ0n) is 14.2. The van der Waals surface area contributed by atoms with Crippen LogP contribution in [0.4, 0.5) is 4.79 Å². The Kier molecular flexibility index (Phi) is 6.19. The molecular weight excluding hydrogens is 290 g/mol. The molecule has 1 heterocycles. The lowest BCUT2D eigenvalue weighted by molar-refractivity contribution is -0.147. The molecule has 1 amide bonds. The van der Waals surface area contributed by atoms with Crippen LogP contribution in [0.2, 0.25) is 0 Å². The van der Waals surface area contributed by atoms with Gasteiger partial charge in [-0.05, 0) is 34.1 Å². The number of ether oxygens (including phenoxy) is 3. The quantitative estimate of drug-likeness (QED) is 0.831. The third-order valence-corrected chi connectivity index (χ3v) is 3.80. The Morgan fingerprint density at radius 1 is 1.27 bits per heavy atom. The fourth-order valence-electron chi connectivity index (χ4n) is 2.67. The van der Waals surface area contributed by atoms with Crippen LogP contribution in [-0.4, -0.2) is 66.7 Å². The van der Waals surface area contributed by atoms with E-state index in [2.05, 4.69) is 0 Å². The molecule has 0 spiro atoms. The van der Waals surface area contributed by atoms with Gasteiger partial charge in [0.05, 0.1) is 30.7 Å². The molecule has 0 saturated carbocycles. The molecule has 22 heavy (non-hydrogen) atoms. The van der Waals surface area contributed by atoms with Crippen LogP contribution in [0.5, 0.6) is 0 Å². The van der Waals surface area contributed by atoms with Crippen LogP contribution in [0.25, 0.3) is 0 Å². The molecule has 0 unspecified atom stereocenters. The van der Waals surface area contributed by atoms with Crippen molar-refractivity contribution < 1.29 is 28.9 Å². The highest BCUT2D eigenvalue weighted by Gasteiger charge is 2.45. The van der Waals surface area contributed by atoms with Gasteiger partial charge in [0, 0.05) is 14.2 Å². The van der Waals surface area contributed by atoms with E-state index in [1.807, 2.05) is 0 Å². The van der Waals surface area contributed by atoms with E-state index in [-0.39, 0.29) is 6.10 Å². The molecule has 7 heteroatoms. The van der Waals surface area contributed by atoms with Gasteiger partial charge in [-0.15, -0.1) is 0 Å². The monoisotopic (exact) mass is 317 g/mol. The van der Waals surface area contributed by atoms with Crippen LogP contribution in [-0.2, 0) is 19.0 Å². The number of carbonyl (C=O) groups is 2. The zero-order chi connectivity index (χ0) is 17.1. The third kappa shape index (κ3) is 4.58. The zero-order valence-corrected chi connectivity index (χ0v) is 14.2. The first-order chi connectivity index (χ1) is 10.1. The Bertz CT molecular complexity index is 405. The number of methoxy groups -OCH3 is 2. The molecule has 128 valence electrons. The maximum absolute atomic E-state index is 12.4. The van der Waals surface area contributed by atoms with Crippen LogP contribution >= 0.6 is 0 Å². The molecule has 0 radical (unpaired) electrons. The normalized spacial score (nSPS) is 24.9. The average Bonchev–Trinajstić information content (AvgIpc) is 2.81. The van der Waals surface area contributed by atoms with Gasteiger partial charge in [0.1, 0.15) is 5.60 Å². The van der Waals surface area contributed by atoms with Crippen LogP contribution in [0, 0.1) is 5.92 Å². The van der Waals surface area contributed by atoms with Crippen molar-refractivity contribution in [1.29, 1.82) is 0 Å². The third-order valence-electron chi connectivity index (χ3n) is 3.80. The van der Waals surface area contributed by atoms with Gasteiger partial charge < -0.3 is 19.3 Å². The predicted octanol–water partition coefficient (Wildman–Crippen LogP) is 1.75. The summed E-state index contributed by atoms with van der Waals surface area (Å²) in [5, 5.41) is 9.23. The molecule has 0 aliphatic carbocycles. The highest BCUT2D eigenvalue weighted by Crippen LogP contribution is 2.29. The number of carbonyl (C=O) groups excluding carboxylic acids is 1. The van der Waals surface area contributed by atoms with E-state index in [1.54, 1.807) is 34.8 Å². The van der Waals surface area contributed by atoms with Gasteiger partial charge in [0.2, 0.25) is 0 Å². The molecule has 1 N–H and O–H groups in total. The Balaban J connectivity index is 2.96. The lowest BCUT2D eigenvalue weighted by Crippen LogP contribution is -2.49. The Hall–Kier alpha value is -1.34. The minimum Gasteiger partial charge on any atom is -0.481 e. The first-order valence-electron chi connectivity index (χ1n) is 7.38. The van der Waals surface area contributed by atoms with Crippen LogP contribution in [0.1, 0.15) is 34.1 Å². The van der Waals surface area contributed by atoms with Crippen molar-refractivity contribution in [2.75, 3.05) is 20.8 Å². The molecule has 0 bridgehead atoms. The van der Waals surface area contributed by atoms with Gasteiger partial charge in [-0.3, -0.25) is 9.69 Å². The molecule has 1 aliphatic heterocycles. The molecule has 1 saturated heterocycles. The molecule has 1 fully saturated rings. The highest BCUT2D eigenvalue weighted by atomic mass is 16.6. The number of carboxylic acid groups (broad SMARTS) is 1. The van der Waals surface area contributed by atoms with Crippen molar-refractivity contribution in [2.24, 2.45) is 5.92 Å². The second kappa shape index (κ2) is 7.28. The maximum atomic E-state index is 12.4. The van der Waals surface area contributed by atoms with Gasteiger partial charge in [0.25, 0.3) is 0 Å². The van der Waals surface area contributed by atoms with Crippen molar-refractivity contribution in [3.05, 3.63) is 0 Å².